The largest absolute Gasteiger partial charge is 0.484 e. The fourth-order valence-corrected chi connectivity index (χ4v) is 5.06. The van der Waals surface area contributed by atoms with E-state index >= 15 is 0 Å². The summed E-state index contributed by atoms with van der Waals surface area (Å²) >= 11 is 0. The van der Waals surface area contributed by atoms with Gasteiger partial charge in [0.25, 0.3) is 5.91 Å². The Balaban J connectivity index is 1.26. The molecule has 0 unspecified atom stereocenters. The zero-order chi connectivity index (χ0) is 26.8. The minimum atomic E-state index is -0.00134. The van der Waals surface area contributed by atoms with Crippen molar-refractivity contribution in [1.82, 2.24) is 19.4 Å². The SMILES string of the molecule is Cc1ccc(OCC(=O)N2CCN(c3ncnc4c3c(-c3ccccc3)cn4-c3ccc(C)cc3)CC2)cc1. The molecule has 5 aromatic rings. The van der Waals surface area contributed by atoms with Gasteiger partial charge in [-0.3, -0.25) is 4.79 Å². The number of anilines is 1. The van der Waals surface area contributed by atoms with Gasteiger partial charge in [0.15, 0.2) is 12.3 Å². The van der Waals surface area contributed by atoms with Gasteiger partial charge < -0.3 is 19.1 Å². The Morgan fingerprint density at radius 1 is 0.821 bits per heavy atom. The molecule has 0 bridgehead atoms. The Hall–Kier alpha value is -4.65. The number of benzene rings is 3. The molecule has 1 aliphatic heterocycles. The molecule has 1 amide bonds. The third kappa shape index (κ3) is 5.08. The Bertz CT molecular complexity index is 1590. The number of ether oxygens (including phenoxy) is 1. The highest BCUT2D eigenvalue weighted by atomic mass is 16.5. The van der Waals surface area contributed by atoms with Crippen molar-refractivity contribution in [2.24, 2.45) is 0 Å². The molecule has 39 heavy (non-hydrogen) atoms. The molecule has 0 N–H and O–H groups in total. The molecule has 1 fully saturated rings. The zero-order valence-electron chi connectivity index (χ0n) is 22.2. The Morgan fingerprint density at radius 2 is 1.49 bits per heavy atom. The van der Waals surface area contributed by atoms with Gasteiger partial charge in [-0.2, -0.15) is 0 Å². The van der Waals surface area contributed by atoms with Crippen molar-refractivity contribution >= 4 is 22.8 Å². The monoisotopic (exact) mass is 517 g/mol. The number of carbonyl (C=O) groups is 1. The summed E-state index contributed by atoms with van der Waals surface area (Å²) < 4.78 is 7.88. The lowest BCUT2D eigenvalue weighted by atomic mass is 10.1. The van der Waals surface area contributed by atoms with Crippen molar-refractivity contribution in [1.29, 1.82) is 0 Å². The number of aryl methyl sites for hydroxylation is 2. The molecule has 7 heteroatoms. The van der Waals surface area contributed by atoms with Crippen LogP contribution in [0.3, 0.4) is 0 Å². The molecule has 1 saturated heterocycles. The van der Waals surface area contributed by atoms with E-state index in [1.54, 1.807) is 6.33 Å². The van der Waals surface area contributed by atoms with E-state index in [1.165, 1.54) is 5.56 Å². The Morgan fingerprint density at radius 3 is 2.18 bits per heavy atom. The van der Waals surface area contributed by atoms with Gasteiger partial charge in [0, 0.05) is 43.6 Å². The van der Waals surface area contributed by atoms with Crippen LogP contribution in [0.2, 0.25) is 0 Å². The molecule has 3 heterocycles. The highest BCUT2D eigenvalue weighted by molar-refractivity contribution is 6.02. The minimum Gasteiger partial charge on any atom is -0.484 e. The van der Waals surface area contributed by atoms with E-state index in [9.17, 15) is 4.79 Å². The van der Waals surface area contributed by atoms with E-state index in [-0.39, 0.29) is 12.5 Å². The molecule has 2 aromatic heterocycles. The van der Waals surface area contributed by atoms with Crippen LogP contribution in [0, 0.1) is 13.8 Å². The Kier molecular flexibility index (Phi) is 6.71. The number of nitrogens with zero attached hydrogens (tertiary/aromatic N) is 5. The van der Waals surface area contributed by atoms with Crippen molar-refractivity contribution in [3.63, 3.8) is 0 Å². The standard InChI is InChI=1S/C32H31N5O2/c1-23-8-12-26(13-9-23)37-20-28(25-6-4-3-5-7-25)30-31(33-22-34-32(30)37)36-18-16-35(17-19-36)29(38)21-39-27-14-10-24(2)11-15-27/h3-15,20,22H,16-19,21H2,1-2H3. The van der Waals surface area contributed by atoms with E-state index in [1.807, 2.05) is 42.2 Å². The number of fused-ring (bicyclic) bond motifs is 1. The number of hydrogen-bond acceptors (Lipinski definition) is 5. The lowest BCUT2D eigenvalue weighted by Gasteiger charge is -2.35. The quantitative estimate of drug-likeness (QED) is 0.301. The van der Waals surface area contributed by atoms with Crippen molar-refractivity contribution < 1.29 is 9.53 Å². The van der Waals surface area contributed by atoms with Crippen LogP contribution in [0.4, 0.5) is 5.82 Å². The first-order valence-electron chi connectivity index (χ1n) is 13.3. The topological polar surface area (TPSA) is 63.5 Å². The second-order valence-corrected chi connectivity index (χ2v) is 9.98. The predicted molar refractivity (Wildman–Crippen MR) is 155 cm³/mol. The van der Waals surface area contributed by atoms with E-state index < -0.39 is 0 Å². The van der Waals surface area contributed by atoms with Gasteiger partial charge in [-0.05, 0) is 43.7 Å². The third-order valence-corrected chi connectivity index (χ3v) is 7.28. The van der Waals surface area contributed by atoms with Gasteiger partial charge in [0.2, 0.25) is 0 Å². The molecule has 0 radical (unpaired) electrons. The second-order valence-electron chi connectivity index (χ2n) is 9.98. The van der Waals surface area contributed by atoms with Crippen LogP contribution in [-0.2, 0) is 4.79 Å². The van der Waals surface area contributed by atoms with Crippen LogP contribution in [0.25, 0.3) is 27.8 Å². The van der Waals surface area contributed by atoms with Crippen molar-refractivity contribution in [2.45, 2.75) is 13.8 Å². The first kappa shape index (κ1) is 24.7. The molecule has 7 nitrogen and oxygen atoms in total. The highest BCUT2D eigenvalue weighted by Crippen LogP contribution is 2.37. The average molecular weight is 518 g/mol. The van der Waals surface area contributed by atoms with E-state index in [0.29, 0.717) is 31.9 Å². The molecule has 3 aromatic carbocycles. The molecule has 196 valence electrons. The van der Waals surface area contributed by atoms with Crippen LogP contribution >= 0.6 is 0 Å². The summed E-state index contributed by atoms with van der Waals surface area (Å²) in [6.07, 6.45) is 3.80. The van der Waals surface area contributed by atoms with Crippen LogP contribution in [-0.4, -0.2) is 58.1 Å². The zero-order valence-corrected chi connectivity index (χ0v) is 22.2. The van der Waals surface area contributed by atoms with Gasteiger partial charge in [-0.1, -0.05) is 65.7 Å². The maximum Gasteiger partial charge on any atom is 0.260 e. The summed E-state index contributed by atoms with van der Waals surface area (Å²) in [5.74, 6) is 1.61. The summed E-state index contributed by atoms with van der Waals surface area (Å²) in [5, 5.41) is 1.02. The summed E-state index contributed by atoms with van der Waals surface area (Å²) in [7, 11) is 0. The summed E-state index contributed by atoms with van der Waals surface area (Å²) in [6.45, 7) is 6.76. The molecule has 6 rings (SSSR count). The van der Waals surface area contributed by atoms with Crippen LogP contribution in [0.15, 0.2) is 91.4 Å². The van der Waals surface area contributed by atoms with E-state index in [0.717, 1.165) is 39.2 Å². The van der Waals surface area contributed by atoms with E-state index in [2.05, 4.69) is 71.1 Å². The summed E-state index contributed by atoms with van der Waals surface area (Å²) in [6, 6.07) is 26.6. The molecule has 0 aliphatic carbocycles. The van der Waals surface area contributed by atoms with Crippen molar-refractivity contribution in [2.75, 3.05) is 37.7 Å². The third-order valence-electron chi connectivity index (χ3n) is 7.28. The molecular formula is C32H31N5O2. The van der Waals surface area contributed by atoms with Crippen LogP contribution < -0.4 is 9.64 Å². The molecule has 0 spiro atoms. The molecule has 0 saturated carbocycles. The summed E-state index contributed by atoms with van der Waals surface area (Å²) in [4.78, 5) is 26.5. The van der Waals surface area contributed by atoms with Gasteiger partial charge in [0.1, 0.15) is 17.9 Å². The van der Waals surface area contributed by atoms with Crippen LogP contribution in [0.5, 0.6) is 5.75 Å². The number of hydrogen-bond donors (Lipinski definition) is 0. The van der Waals surface area contributed by atoms with Gasteiger partial charge >= 0.3 is 0 Å². The normalized spacial score (nSPS) is 13.6. The van der Waals surface area contributed by atoms with E-state index in [4.69, 9.17) is 14.7 Å². The van der Waals surface area contributed by atoms with Crippen molar-refractivity contribution in [3.05, 3.63) is 103 Å². The first-order valence-corrected chi connectivity index (χ1v) is 13.3. The average Bonchev–Trinajstić information content (AvgIpc) is 3.38. The number of rotatable bonds is 6. The molecule has 0 atom stereocenters. The van der Waals surface area contributed by atoms with Gasteiger partial charge in [0.05, 0.1) is 5.39 Å². The number of piperazine rings is 1. The highest BCUT2D eigenvalue weighted by Gasteiger charge is 2.26. The lowest BCUT2D eigenvalue weighted by Crippen LogP contribution is -2.50. The smallest absolute Gasteiger partial charge is 0.260 e. The number of carbonyl (C=O) groups excluding carboxylic acids is 1. The van der Waals surface area contributed by atoms with Crippen LogP contribution in [0.1, 0.15) is 11.1 Å². The van der Waals surface area contributed by atoms with Crippen molar-refractivity contribution in [3.8, 4) is 22.6 Å². The molecule has 1 aliphatic rings. The fraction of sp³-hybridized carbons (Fsp3) is 0.219. The summed E-state index contributed by atoms with van der Waals surface area (Å²) in [5.41, 5.74) is 6.51. The first-order chi connectivity index (χ1) is 19.1. The fourth-order valence-electron chi connectivity index (χ4n) is 5.06. The maximum atomic E-state index is 12.9. The predicted octanol–water partition coefficient (Wildman–Crippen LogP) is 5.43. The number of aromatic nitrogens is 3. The maximum absolute atomic E-state index is 12.9. The Labute approximate surface area is 228 Å². The minimum absolute atomic E-state index is 0.00134. The number of amides is 1. The van der Waals surface area contributed by atoms with Gasteiger partial charge in [-0.15, -0.1) is 0 Å². The van der Waals surface area contributed by atoms with Gasteiger partial charge in [-0.25, -0.2) is 9.97 Å². The second kappa shape index (κ2) is 10.6. The molecular weight excluding hydrogens is 486 g/mol. The lowest BCUT2D eigenvalue weighted by molar-refractivity contribution is -0.133.